The third kappa shape index (κ3) is 4.40. The van der Waals surface area contributed by atoms with Gasteiger partial charge in [-0.3, -0.25) is 9.68 Å². The summed E-state index contributed by atoms with van der Waals surface area (Å²) in [6, 6.07) is 2.09. The van der Waals surface area contributed by atoms with E-state index >= 15 is 0 Å². The summed E-state index contributed by atoms with van der Waals surface area (Å²) in [4.78, 5) is 27.3. The zero-order chi connectivity index (χ0) is 9.40. The molecule has 0 rings (SSSR count). The minimum Gasteiger partial charge on any atom is -0.282 e. The summed E-state index contributed by atoms with van der Waals surface area (Å²) in [6.07, 6.45) is 0. The smallest absolute Gasteiger partial charge is 0.282 e. The van der Waals surface area contributed by atoms with Crippen molar-refractivity contribution in [2.45, 2.75) is 0 Å². The molecule has 0 fully saturated rings. The molecular formula is C4N4O4. The van der Waals surface area contributed by atoms with Crippen LogP contribution in [0, 0.1) is 22.7 Å². The van der Waals surface area contributed by atoms with Crippen LogP contribution >= 0.6 is 0 Å². The van der Waals surface area contributed by atoms with E-state index in [4.69, 9.17) is 10.5 Å². The number of carbonyl (C=O) groups is 2. The van der Waals surface area contributed by atoms with Crippen LogP contribution in [0.25, 0.3) is 0 Å². The molecule has 0 aliphatic carbocycles. The Kier molecular flexibility index (Phi) is 4.22. The molecule has 0 amide bonds. The van der Waals surface area contributed by atoms with Gasteiger partial charge in [0.2, 0.25) is 0 Å². The predicted octanol–water partition coefficient (Wildman–Crippen LogP) is -0.598. The van der Waals surface area contributed by atoms with Gasteiger partial charge in [0.05, 0.1) is 10.6 Å². The molecular weight excluding hydrogens is 168 g/mol. The van der Waals surface area contributed by atoms with E-state index in [-0.39, 0.29) is 0 Å². The summed E-state index contributed by atoms with van der Waals surface area (Å²) < 4.78 is 0. The number of hydrogen-bond acceptors (Lipinski definition) is 8. The highest BCUT2D eigenvalue weighted by molar-refractivity contribution is 5.85. The van der Waals surface area contributed by atoms with Crippen LogP contribution in [0.5, 0.6) is 0 Å². The van der Waals surface area contributed by atoms with Crippen molar-refractivity contribution in [1.82, 2.24) is 0 Å². The van der Waals surface area contributed by atoms with Crippen molar-refractivity contribution >= 4 is 11.9 Å². The van der Waals surface area contributed by atoms with E-state index in [2.05, 4.69) is 20.2 Å². The number of rotatable bonds is 2. The Morgan fingerprint density at radius 2 is 1.33 bits per heavy atom. The van der Waals surface area contributed by atoms with Crippen LogP contribution in [0.4, 0.5) is 0 Å². The zero-order valence-electron chi connectivity index (χ0n) is 5.42. The van der Waals surface area contributed by atoms with Gasteiger partial charge in [-0.15, -0.1) is 0 Å². The van der Waals surface area contributed by atoms with Crippen molar-refractivity contribution < 1.29 is 19.3 Å². The summed E-state index contributed by atoms with van der Waals surface area (Å²) in [5, 5.41) is 20.6. The first-order valence-electron chi connectivity index (χ1n) is 2.33. The second-order valence-electron chi connectivity index (χ2n) is 1.14. The summed E-state index contributed by atoms with van der Waals surface area (Å²) in [5.74, 6) is -2.63. The SMILES string of the molecule is N#CC(=O)ON=NOC(=O)C#N. The Morgan fingerprint density at radius 1 is 1.00 bits per heavy atom. The highest BCUT2D eigenvalue weighted by Gasteiger charge is 1.98. The molecule has 0 atom stereocenters. The molecule has 0 radical (unpaired) electrons. The van der Waals surface area contributed by atoms with Gasteiger partial charge in [0.1, 0.15) is 0 Å². The van der Waals surface area contributed by atoms with E-state index in [0.717, 1.165) is 12.1 Å². The Labute approximate surface area is 65.5 Å². The topological polar surface area (TPSA) is 125 Å². The molecule has 0 aromatic heterocycles. The maximum absolute atomic E-state index is 9.98. The number of nitriles is 2. The van der Waals surface area contributed by atoms with E-state index in [0.29, 0.717) is 0 Å². The molecule has 0 aliphatic heterocycles. The monoisotopic (exact) mass is 168 g/mol. The highest BCUT2D eigenvalue weighted by Crippen LogP contribution is 1.83. The van der Waals surface area contributed by atoms with Crippen molar-refractivity contribution in [2.75, 3.05) is 0 Å². The lowest BCUT2D eigenvalue weighted by molar-refractivity contribution is -0.145. The number of carbonyl (C=O) groups excluding carboxylic acids is 2. The van der Waals surface area contributed by atoms with Crippen LogP contribution in [-0.4, -0.2) is 11.9 Å². The third-order valence-electron chi connectivity index (χ3n) is 0.463. The fraction of sp³-hybridized carbons (Fsp3) is 0. The molecule has 0 saturated heterocycles. The largest absolute Gasteiger partial charge is 0.438 e. The van der Waals surface area contributed by atoms with Gasteiger partial charge in [0, 0.05) is 0 Å². The molecule has 0 aliphatic rings. The van der Waals surface area contributed by atoms with Crippen LogP contribution in [0.15, 0.2) is 10.6 Å². The van der Waals surface area contributed by atoms with E-state index in [1.54, 1.807) is 0 Å². The van der Waals surface area contributed by atoms with E-state index < -0.39 is 11.9 Å². The molecule has 12 heavy (non-hydrogen) atoms. The molecule has 0 unspecified atom stereocenters. The first-order chi connectivity index (χ1) is 5.70. The molecule has 0 bridgehead atoms. The second kappa shape index (κ2) is 5.32. The molecule has 0 spiro atoms. The lowest BCUT2D eigenvalue weighted by atomic mass is 10.8. The van der Waals surface area contributed by atoms with Crippen LogP contribution < -0.4 is 0 Å². The predicted molar refractivity (Wildman–Crippen MR) is 28.3 cm³/mol. The average molecular weight is 168 g/mol. The fourth-order valence-corrected chi connectivity index (χ4v) is 0.148. The summed E-state index contributed by atoms with van der Waals surface area (Å²) >= 11 is 0. The molecule has 0 saturated carbocycles. The molecule has 60 valence electrons. The van der Waals surface area contributed by atoms with Crippen LogP contribution in [0.1, 0.15) is 0 Å². The second-order valence-corrected chi connectivity index (χ2v) is 1.14. The van der Waals surface area contributed by atoms with Gasteiger partial charge in [0.25, 0.3) is 0 Å². The highest BCUT2D eigenvalue weighted by atomic mass is 16.8. The number of hydrogen-bond donors (Lipinski definition) is 0. The first kappa shape index (κ1) is 9.52. The van der Waals surface area contributed by atoms with Crippen molar-refractivity contribution in [1.29, 1.82) is 10.5 Å². The van der Waals surface area contributed by atoms with Gasteiger partial charge in [-0.1, -0.05) is 0 Å². The maximum atomic E-state index is 9.98. The Hall–Kier alpha value is -2.48. The van der Waals surface area contributed by atoms with Crippen LogP contribution in [0.3, 0.4) is 0 Å². The van der Waals surface area contributed by atoms with Crippen molar-refractivity contribution in [3.05, 3.63) is 0 Å². The molecule has 8 nitrogen and oxygen atoms in total. The molecule has 0 aromatic carbocycles. The van der Waals surface area contributed by atoms with Gasteiger partial charge in [-0.05, 0) is 0 Å². The summed E-state index contributed by atoms with van der Waals surface area (Å²) in [7, 11) is 0. The van der Waals surface area contributed by atoms with Gasteiger partial charge in [-0.25, -0.2) is 9.59 Å². The van der Waals surface area contributed by atoms with E-state index in [1.165, 1.54) is 0 Å². The standard InChI is InChI=1S/C4N4O4/c5-1-3(9)11-7-8-12-4(10)2-6. The Balaban J connectivity index is 3.68. The van der Waals surface area contributed by atoms with E-state index in [9.17, 15) is 9.59 Å². The summed E-state index contributed by atoms with van der Waals surface area (Å²) in [6.45, 7) is 0. The lowest BCUT2D eigenvalue weighted by Gasteiger charge is -1.83. The molecule has 0 aromatic rings. The quantitative estimate of drug-likeness (QED) is 0.308. The molecule has 0 N–H and O–H groups in total. The first-order valence-corrected chi connectivity index (χ1v) is 2.33. The number of nitrogens with zero attached hydrogens (tertiary/aromatic N) is 4. The van der Waals surface area contributed by atoms with Gasteiger partial charge >= 0.3 is 11.9 Å². The lowest BCUT2D eigenvalue weighted by Crippen LogP contribution is -1.95. The van der Waals surface area contributed by atoms with Crippen molar-refractivity contribution in [3.63, 3.8) is 0 Å². The van der Waals surface area contributed by atoms with Crippen molar-refractivity contribution in [2.24, 2.45) is 10.6 Å². The Bertz CT molecular complexity index is 265. The van der Waals surface area contributed by atoms with Crippen molar-refractivity contribution in [3.8, 4) is 12.1 Å². The summed E-state index contributed by atoms with van der Waals surface area (Å²) in [5.41, 5.74) is 0. The maximum Gasteiger partial charge on any atom is 0.438 e. The third-order valence-corrected chi connectivity index (χ3v) is 0.463. The normalized spacial score (nSPS) is 8.17. The zero-order valence-corrected chi connectivity index (χ0v) is 5.42. The molecule has 8 heteroatoms. The minimum atomic E-state index is -1.31. The Morgan fingerprint density at radius 3 is 1.58 bits per heavy atom. The van der Waals surface area contributed by atoms with Crippen LogP contribution in [0.2, 0.25) is 0 Å². The fourth-order valence-electron chi connectivity index (χ4n) is 0.148. The molecule has 0 heterocycles. The minimum absolute atomic E-state index is 1.05. The average Bonchev–Trinajstić information content (AvgIpc) is 2.11. The van der Waals surface area contributed by atoms with Gasteiger partial charge < -0.3 is 0 Å². The van der Waals surface area contributed by atoms with E-state index in [1.807, 2.05) is 0 Å². The van der Waals surface area contributed by atoms with Crippen LogP contribution in [-0.2, 0) is 19.3 Å². The van der Waals surface area contributed by atoms with Gasteiger partial charge in [-0.2, -0.15) is 10.5 Å². The van der Waals surface area contributed by atoms with Gasteiger partial charge in [0.15, 0.2) is 12.1 Å².